The highest BCUT2D eigenvalue weighted by molar-refractivity contribution is 14.0. The standard InChI is InChI=1S/C11H19N3O.HI/c1-11(2,3)14-10(12-4)13-8-9-6-5-7-15-9;/h5-7H,8H2,1-4H3,(H2,12,13,14);1H. The Labute approximate surface area is 114 Å². The number of rotatable bonds is 2. The summed E-state index contributed by atoms with van der Waals surface area (Å²) in [5, 5.41) is 6.44. The van der Waals surface area contributed by atoms with Gasteiger partial charge in [0.15, 0.2) is 5.96 Å². The van der Waals surface area contributed by atoms with Gasteiger partial charge in [-0.15, -0.1) is 24.0 Å². The molecule has 0 unspecified atom stereocenters. The Hall–Kier alpha value is -0.720. The summed E-state index contributed by atoms with van der Waals surface area (Å²) in [6.07, 6.45) is 1.66. The molecule has 0 bridgehead atoms. The van der Waals surface area contributed by atoms with E-state index >= 15 is 0 Å². The molecule has 0 aliphatic carbocycles. The molecule has 0 aromatic carbocycles. The van der Waals surface area contributed by atoms with Crippen LogP contribution in [0.1, 0.15) is 26.5 Å². The van der Waals surface area contributed by atoms with Crippen LogP contribution in [0.25, 0.3) is 0 Å². The molecule has 92 valence electrons. The zero-order valence-electron chi connectivity index (χ0n) is 10.2. The Kier molecular flexibility index (Phi) is 6.47. The van der Waals surface area contributed by atoms with E-state index in [9.17, 15) is 0 Å². The highest BCUT2D eigenvalue weighted by Crippen LogP contribution is 2.00. The SMILES string of the molecule is CN=C(NCc1ccco1)NC(C)(C)C.I. The van der Waals surface area contributed by atoms with Crippen molar-refractivity contribution in [3.05, 3.63) is 24.2 Å². The van der Waals surface area contributed by atoms with Crippen molar-refractivity contribution in [3.63, 3.8) is 0 Å². The van der Waals surface area contributed by atoms with E-state index in [4.69, 9.17) is 4.42 Å². The lowest BCUT2D eigenvalue weighted by Crippen LogP contribution is -2.47. The third-order valence-corrected chi connectivity index (χ3v) is 1.73. The third-order valence-electron chi connectivity index (χ3n) is 1.73. The molecule has 1 aromatic heterocycles. The van der Waals surface area contributed by atoms with Crippen LogP contribution in [0, 0.1) is 0 Å². The molecule has 1 aromatic rings. The zero-order chi connectivity index (χ0) is 11.3. The molecule has 0 radical (unpaired) electrons. The van der Waals surface area contributed by atoms with Gasteiger partial charge in [-0.3, -0.25) is 4.99 Å². The molecule has 0 amide bonds. The van der Waals surface area contributed by atoms with E-state index < -0.39 is 0 Å². The van der Waals surface area contributed by atoms with Crippen LogP contribution in [0.15, 0.2) is 27.8 Å². The molecule has 0 aliphatic rings. The second-order valence-corrected chi connectivity index (χ2v) is 4.38. The maximum Gasteiger partial charge on any atom is 0.191 e. The summed E-state index contributed by atoms with van der Waals surface area (Å²) in [4.78, 5) is 4.13. The monoisotopic (exact) mass is 337 g/mol. The normalized spacial score (nSPS) is 11.9. The number of aliphatic imine (C=N–C) groups is 1. The van der Waals surface area contributed by atoms with E-state index in [0.717, 1.165) is 11.7 Å². The van der Waals surface area contributed by atoms with Crippen LogP contribution in [-0.2, 0) is 6.54 Å². The van der Waals surface area contributed by atoms with Crippen molar-refractivity contribution >= 4 is 29.9 Å². The Morgan fingerprint density at radius 1 is 1.44 bits per heavy atom. The van der Waals surface area contributed by atoms with Crippen LogP contribution in [0.5, 0.6) is 0 Å². The lowest BCUT2D eigenvalue weighted by atomic mass is 10.1. The van der Waals surface area contributed by atoms with Crippen LogP contribution in [0.3, 0.4) is 0 Å². The molecule has 0 atom stereocenters. The van der Waals surface area contributed by atoms with Crippen LogP contribution in [-0.4, -0.2) is 18.5 Å². The summed E-state index contributed by atoms with van der Waals surface area (Å²) in [7, 11) is 1.75. The summed E-state index contributed by atoms with van der Waals surface area (Å²) in [6.45, 7) is 6.91. The minimum absolute atomic E-state index is 0. The molecule has 4 nitrogen and oxygen atoms in total. The van der Waals surface area contributed by atoms with Crippen molar-refractivity contribution in [2.45, 2.75) is 32.9 Å². The van der Waals surface area contributed by atoms with Gasteiger partial charge in [0.05, 0.1) is 12.8 Å². The van der Waals surface area contributed by atoms with Gasteiger partial charge in [-0.25, -0.2) is 0 Å². The largest absolute Gasteiger partial charge is 0.467 e. The van der Waals surface area contributed by atoms with Crippen molar-refractivity contribution < 1.29 is 4.42 Å². The number of hydrogen-bond donors (Lipinski definition) is 2. The summed E-state index contributed by atoms with van der Waals surface area (Å²) < 4.78 is 5.21. The molecule has 5 heteroatoms. The second kappa shape index (κ2) is 6.78. The van der Waals surface area contributed by atoms with Crippen LogP contribution in [0.2, 0.25) is 0 Å². The second-order valence-electron chi connectivity index (χ2n) is 4.38. The van der Waals surface area contributed by atoms with E-state index in [1.165, 1.54) is 0 Å². The average molecular weight is 337 g/mol. The fourth-order valence-electron chi connectivity index (χ4n) is 1.12. The number of nitrogens with zero attached hydrogens (tertiary/aromatic N) is 1. The van der Waals surface area contributed by atoms with Gasteiger partial charge in [-0.1, -0.05) is 0 Å². The van der Waals surface area contributed by atoms with Gasteiger partial charge in [0.1, 0.15) is 5.76 Å². The fourth-order valence-corrected chi connectivity index (χ4v) is 1.12. The van der Waals surface area contributed by atoms with E-state index in [2.05, 4.69) is 36.4 Å². The van der Waals surface area contributed by atoms with Gasteiger partial charge in [0.2, 0.25) is 0 Å². The van der Waals surface area contributed by atoms with Crippen LogP contribution in [0.4, 0.5) is 0 Å². The molecular formula is C11H20IN3O. The number of halogens is 1. The Balaban J connectivity index is 0.00000225. The lowest BCUT2D eigenvalue weighted by Gasteiger charge is -2.23. The van der Waals surface area contributed by atoms with Crippen molar-refractivity contribution in [2.24, 2.45) is 4.99 Å². The maximum atomic E-state index is 5.21. The molecule has 0 spiro atoms. The lowest BCUT2D eigenvalue weighted by molar-refractivity contribution is 0.482. The van der Waals surface area contributed by atoms with Crippen molar-refractivity contribution in [3.8, 4) is 0 Å². The molecule has 0 saturated heterocycles. The predicted octanol–water partition coefficient (Wildman–Crippen LogP) is 2.36. The van der Waals surface area contributed by atoms with E-state index in [-0.39, 0.29) is 29.5 Å². The molecule has 16 heavy (non-hydrogen) atoms. The topological polar surface area (TPSA) is 49.6 Å². The number of hydrogen-bond acceptors (Lipinski definition) is 2. The molecule has 2 N–H and O–H groups in total. The first-order valence-electron chi connectivity index (χ1n) is 5.02. The van der Waals surface area contributed by atoms with Gasteiger partial charge < -0.3 is 15.1 Å². The molecular weight excluding hydrogens is 317 g/mol. The van der Waals surface area contributed by atoms with Crippen LogP contribution < -0.4 is 10.6 Å². The van der Waals surface area contributed by atoms with Crippen LogP contribution >= 0.6 is 24.0 Å². The van der Waals surface area contributed by atoms with Crippen molar-refractivity contribution in [1.29, 1.82) is 0 Å². The summed E-state index contributed by atoms with van der Waals surface area (Å²) >= 11 is 0. The number of furan rings is 1. The summed E-state index contributed by atoms with van der Waals surface area (Å²) in [6, 6.07) is 3.80. The Bertz CT molecular complexity index is 314. The molecule has 0 saturated carbocycles. The number of nitrogens with one attached hydrogen (secondary N) is 2. The van der Waals surface area contributed by atoms with E-state index in [1.807, 2.05) is 12.1 Å². The number of guanidine groups is 1. The first-order valence-corrected chi connectivity index (χ1v) is 5.02. The fraction of sp³-hybridized carbons (Fsp3) is 0.545. The van der Waals surface area contributed by atoms with Gasteiger partial charge in [0, 0.05) is 12.6 Å². The smallest absolute Gasteiger partial charge is 0.191 e. The van der Waals surface area contributed by atoms with Gasteiger partial charge in [0.25, 0.3) is 0 Å². The van der Waals surface area contributed by atoms with Crippen molar-refractivity contribution in [2.75, 3.05) is 7.05 Å². The quantitative estimate of drug-likeness (QED) is 0.495. The highest BCUT2D eigenvalue weighted by Gasteiger charge is 2.11. The van der Waals surface area contributed by atoms with Gasteiger partial charge in [-0.05, 0) is 32.9 Å². The third kappa shape index (κ3) is 5.99. The van der Waals surface area contributed by atoms with Gasteiger partial charge >= 0.3 is 0 Å². The molecule has 0 fully saturated rings. The molecule has 1 heterocycles. The van der Waals surface area contributed by atoms with Gasteiger partial charge in [-0.2, -0.15) is 0 Å². The first kappa shape index (κ1) is 15.3. The minimum Gasteiger partial charge on any atom is -0.467 e. The van der Waals surface area contributed by atoms with Crippen molar-refractivity contribution in [1.82, 2.24) is 10.6 Å². The predicted molar refractivity (Wildman–Crippen MR) is 77.2 cm³/mol. The maximum absolute atomic E-state index is 5.21. The molecule has 0 aliphatic heterocycles. The Morgan fingerprint density at radius 2 is 2.12 bits per heavy atom. The van der Waals surface area contributed by atoms with E-state index in [1.54, 1.807) is 13.3 Å². The highest BCUT2D eigenvalue weighted by atomic mass is 127. The zero-order valence-corrected chi connectivity index (χ0v) is 12.5. The molecule has 1 rings (SSSR count). The minimum atomic E-state index is 0. The summed E-state index contributed by atoms with van der Waals surface area (Å²) in [5.41, 5.74) is 0.00497. The van der Waals surface area contributed by atoms with E-state index in [0.29, 0.717) is 6.54 Å². The average Bonchev–Trinajstić information content (AvgIpc) is 2.62. The Morgan fingerprint density at radius 3 is 2.56 bits per heavy atom. The summed E-state index contributed by atoms with van der Waals surface area (Å²) in [5.74, 6) is 1.67. The first-order chi connectivity index (χ1) is 7.01.